The Balaban J connectivity index is 1.61. The lowest BCUT2D eigenvalue weighted by molar-refractivity contribution is 0.404. The minimum absolute atomic E-state index is 0.0570. The molecule has 25 heavy (non-hydrogen) atoms. The van der Waals surface area contributed by atoms with Crippen LogP contribution in [-0.4, -0.2) is 16.0 Å². The number of aromatic nitrogens is 2. The highest BCUT2D eigenvalue weighted by molar-refractivity contribution is 7.18. The topological polar surface area (TPSA) is 57.8 Å². The number of fused-ring (bicyclic) bond motifs is 3. The van der Waals surface area contributed by atoms with E-state index in [9.17, 15) is 4.79 Å². The standard InChI is InChI=1S/C20H29N3OS/c1-12-9-10-15-16(11-12)25-20-17(15)19(24)22-18(23-20)13(2)21-14-7-5-3-4-6-8-14/h12-14,21H,3-11H2,1-2H3,(H,22,23,24)/t12-,13-/m0/s1. The number of nitrogens with one attached hydrogen (secondary N) is 2. The molecule has 0 radical (unpaired) electrons. The van der Waals surface area contributed by atoms with Crippen LogP contribution in [0.4, 0.5) is 0 Å². The van der Waals surface area contributed by atoms with Crippen LogP contribution in [-0.2, 0) is 12.8 Å². The van der Waals surface area contributed by atoms with Crippen LogP contribution in [0.15, 0.2) is 4.79 Å². The summed E-state index contributed by atoms with van der Waals surface area (Å²) in [6.07, 6.45) is 11.1. The Bertz CT molecular complexity index is 801. The van der Waals surface area contributed by atoms with Crippen LogP contribution in [0.5, 0.6) is 0 Å². The van der Waals surface area contributed by atoms with E-state index in [4.69, 9.17) is 4.98 Å². The predicted molar refractivity (Wildman–Crippen MR) is 104 cm³/mol. The summed E-state index contributed by atoms with van der Waals surface area (Å²) in [4.78, 5) is 23.0. The van der Waals surface area contributed by atoms with Crippen molar-refractivity contribution in [2.24, 2.45) is 5.92 Å². The monoisotopic (exact) mass is 359 g/mol. The first-order valence-corrected chi connectivity index (χ1v) is 10.7. The second kappa shape index (κ2) is 7.20. The van der Waals surface area contributed by atoms with E-state index >= 15 is 0 Å². The molecule has 2 atom stereocenters. The molecule has 136 valence electrons. The van der Waals surface area contributed by atoms with Crippen molar-refractivity contribution in [3.05, 3.63) is 26.6 Å². The Labute approximate surface area is 153 Å². The first-order valence-electron chi connectivity index (χ1n) is 9.92. The van der Waals surface area contributed by atoms with Gasteiger partial charge in [-0.2, -0.15) is 0 Å². The Morgan fingerprint density at radius 1 is 1.20 bits per heavy atom. The number of hydrogen-bond donors (Lipinski definition) is 2. The van der Waals surface area contributed by atoms with E-state index in [1.165, 1.54) is 55.4 Å². The molecule has 0 aliphatic heterocycles. The van der Waals surface area contributed by atoms with Crippen molar-refractivity contribution in [3.63, 3.8) is 0 Å². The van der Waals surface area contributed by atoms with Crippen LogP contribution in [0, 0.1) is 5.92 Å². The lowest BCUT2D eigenvalue weighted by atomic mass is 9.89. The minimum atomic E-state index is 0.0570. The predicted octanol–water partition coefficient (Wildman–Crippen LogP) is 4.48. The maximum atomic E-state index is 12.7. The zero-order valence-electron chi connectivity index (χ0n) is 15.4. The number of hydrogen-bond acceptors (Lipinski definition) is 4. The summed E-state index contributed by atoms with van der Waals surface area (Å²) in [5.74, 6) is 1.52. The lowest BCUT2D eigenvalue weighted by Gasteiger charge is -2.21. The summed E-state index contributed by atoms with van der Waals surface area (Å²) >= 11 is 1.74. The summed E-state index contributed by atoms with van der Waals surface area (Å²) in [6, 6.07) is 0.647. The quantitative estimate of drug-likeness (QED) is 0.794. The van der Waals surface area contributed by atoms with Crippen molar-refractivity contribution in [1.29, 1.82) is 0 Å². The second-order valence-corrected chi connectivity index (χ2v) is 9.14. The van der Waals surface area contributed by atoms with Crippen molar-refractivity contribution in [3.8, 4) is 0 Å². The van der Waals surface area contributed by atoms with Crippen molar-refractivity contribution in [2.45, 2.75) is 83.7 Å². The van der Waals surface area contributed by atoms with Crippen molar-refractivity contribution >= 4 is 21.6 Å². The van der Waals surface area contributed by atoms with Crippen molar-refractivity contribution in [2.75, 3.05) is 0 Å². The van der Waals surface area contributed by atoms with Gasteiger partial charge in [0.2, 0.25) is 0 Å². The number of aryl methyl sites for hydroxylation is 1. The Morgan fingerprint density at radius 3 is 2.72 bits per heavy atom. The smallest absolute Gasteiger partial charge is 0.259 e. The molecule has 5 heteroatoms. The number of H-pyrrole nitrogens is 1. The first kappa shape index (κ1) is 17.2. The molecule has 0 unspecified atom stereocenters. The van der Waals surface area contributed by atoms with Gasteiger partial charge in [0.1, 0.15) is 10.7 Å². The summed E-state index contributed by atoms with van der Waals surface area (Å²) < 4.78 is 0. The Hall–Kier alpha value is -1.20. The zero-order valence-corrected chi connectivity index (χ0v) is 16.2. The van der Waals surface area contributed by atoms with Crippen LogP contribution in [0.2, 0.25) is 0 Å². The summed E-state index contributed by atoms with van der Waals surface area (Å²) in [6.45, 7) is 4.43. The fourth-order valence-corrected chi connectivity index (χ4v) is 5.84. The number of aromatic amines is 1. The average Bonchev–Trinajstić information content (AvgIpc) is 2.75. The highest BCUT2D eigenvalue weighted by Crippen LogP contribution is 2.35. The molecule has 2 aliphatic rings. The van der Waals surface area contributed by atoms with Gasteiger partial charge in [0, 0.05) is 10.9 Å². The van der Waals surface area contributed by atoms with Gasteiger partial charge in [0.15, 0.2) is 0 Å². The van der Waals surface area contributed by atoms with Gasteiger partial charge in [0.05, 0.1) is 11.4 Å². The number of nitrogens with zero attached hydrogens (tertiary/aromatic N) is 1. The van der Waals surface area contributed by atoms with E-state index in [0.29, 0.717) is 6.04 Å². The molecule has 0 amide bonds. The van der Waals surface area contributed by atoms with Crippen LogP contribution in [0.25, 0.3) is 10.2 Å². The normalized spacial score (nSPS) is 23.4. The molecule has 2 heterocycles. The molecule has 2 aromatic rings. The molecule has 2 N–H and O–H groups in total. The lowest BCUT2D eigenvalue weighted by Crippen LogP contribution is -2.33. The van der Waals surface area contributed by atoms with Gasteiger partial charge in [-0.25, -0.2) is 4.98 Å². The minimum Gasteiger partial charge on any atom is -0.309 e. The average molecular weight is 360 g/mol. The Morgan fingerprint density at radius 2 is 1.96 bits per heavy atom. The largest absolute Gasteiger partial charge is 0.309 e. The number of rotatable bonds is 3. The molecule has 4 nitrogen and oxygen atoms in total. The van der Waals surface area contributed by atoms with E-state index in [2.05, 4.69) is 24.1 Å². The molecule has 0 bridgehead atoms. The van der Waals surface area contributed by atoms with E-state index in [-0.39, 0.29) is 11.6 Å². The molecule has 1 saturated carbocycles. The molecule has 0 spiro atoms. The van der Waals surface area contributed by atoms with Gasteiger partial charge in [-0.1, -0.05) is 32.6 Å². The maximum Gasteiger partial charge on any atom is 0.259 e. The van der Waals surface area contributed by atoms with E-state index in [0.717, 1.165) is 34.8 Å². The van der Waals surface area contributed by atoms with Crippen molar-refractivity contribution < 1.29 is 0 Å². The molecule has 0 saturated heterocycles. The molecular weight excluding hydrogens is 330 g/mol. The molecule has 4 rings (SSSR count). The third kappa shape index (κ3) is 3.54. The van der Waals surface area contributed by atoms with Gasteiger partial charge >= 0.3 is 0 Å². The van der Waals surface area contributed by atoms with E-state index in [1.807, 2.05) is 0 Å². The number of thiophene rings is 1. The molecular formula is C20H29N3OS. The third-order valence-electron chi connectivity index (χ3n) is 5.93. The fraction of sp³-hybridized carbons (Fsp3) is 0.700. The molecule has 1 fully saturated rings. The van der Waals surface area contributed by atoms with Gasteiger partial charge in [-0.3, -0.25) is 4.79 Å². The van der Waals surface area contributed by atoms with Crippen LogP contribution in [0.3, 0.4) is 0 Å². The molecule has 0 aromatic carbocycles. The van der Waals surface area contributed by atoms with E-state index < -0.39 is 0 Å². The summed E-state index contributed by atoms with van der Waals surface area (Å²) in [7, 11) is 0. The van der Waals surface area contributed by atoms with Gasteiger partial charge in [-0.15, -0.1) is 11.3 Å². The van der Waals surface area contributed by atoms with Crippen LogP contribution in [0.1, 0.15) is 81.1 Å². The van der Waals surface area contributed by atoms with E-state index in [1.54, 1.807) is 11.3 Å². The molecule has 2 aromatic heterocycles. The third-order valence-corrected chi connectivity index (χ3v) is 7.08. The van der Waals surface area contributed by atoms with Crippen LogP contribution < -0.4 is 10.9 Å². The van der Waals surface area contributed by atoms with Gasteiger partial charge in [0.25, 0.3) is 5.56 Å². The SMILES string of the molecule is C[C@H]1CCc2c(sc3nc([C@H](C)NC4CCCCCC4)[nH]c(=O)c23)C1. The fourth-order valence-electron chi connectivity index (χ4n) is 4.45. The summed E-state index contributed by atoms with van der Waals surface area (Å²) in [5, 5.41) is 4.57. The van der Waals surface area contributed by atoms with Crippen LogP contribution >= 0.6 is 11.3 Å². The first-order chi connectivity index (χ1) is 12.1. The summed E-state index contributed by atoms with van der Waals surface area (Å²) in [5.41, 5.74) is 1.32. The highest BCUT2D eigenvalue weighted by Gasteiger charge is 2.24. The maximum absolute atomic E-state index is 12.7. The zero-order chi connectivity index (χ0) is 17.4. The van der Waals surface area contributed by atoms with Gasteiger partial charge in [-0.05, 0) is 50.5 Å². The van der Waals surface area contributed by atoms with Crippen molar-refractivity contribution in [1.82, 2.24) is 15.3 Å². The van der Waals surface area contributed by atoms with Gasteiger partial charge < -0.3 is 10.3 Å². The second-order valence-electron chi connectivity index (χ2n) is 8.06. The Kier molecular flexibility index (Phi) is 4.96. The highest BCUT2D eigenvalue weighted by atomic mass is 32.1. The molecule has 2 aliphatic carbocycles.